The predicted octanol–water partition coefficient (Wildman–Crippen LogP) is 2.82. The molecule has 1 amide bonds. The van der Waals surface area contributed by atoms with E-state index in [1.54, 1.807) is 0 Å². The van der Waals surface area contributed by atoms with E-state index in [4.69, 9.17) is 4.74 Å². The van der Waals surface area contributed by atoms with Crippen LogP contribution in [0.1, 0.15) is 31.4 Å². The van der Waals surface area contributed by atoms with Crippen molar-refractivity contribution in [3.8, 4) is 0 Å². The molecule has 1 heterocycles. The molecule has 1 aliphatic heterocycles. The van der Waals surface area contributed by atoms with E-state index in [9.17, 15) is 4.79 Å². The monoisotopic (exact) mass is 376 g/mol. The van der Waals surface area contributed by atoms with E-state index in [0.717, 1.165) is 36.0 Å². The van der Waals surface area contributed by atoms with Crippen LogP contribution in [-0.4, -0.2) is 31.7 Å². The molecule has 0 aromatic heterocycles. The number of amides is 1. The van der Waals surface area contributed by atoms with Crippen molar-refractivity contribution in [2.24, 2.45) is 0 Å². The molecule has 0 spiro atoms. The lowest BCUT2D eigenvalue weighted by atomic mass is 10.1. The maximum absolute atomic E-state index is 11.9. The van der Waals surface area contributed by atoms with Crippen molar-refractivity contribution in [2.45, 2.75) is 31.9 Å². The van der Waals surface area contributed by atoms with Gasteiger partial charge >= 0.3 is 0 Å². The highest BCUT2D eigenvalue weighted by atomic mass is 79.9. The van der Waals surface area contributed by atoms with Crippen molar-refractivity contribution in [1.82, 2.24) is 10.6 Å². The fraction of sp³-hybridized carbons (Fsp3) is 0.533. The van der Waals surface area contributed by atoms with Crippen molar-refractivity contribution in [3.63, 3.8) is 0 Å². The molecule has 1 fully saturated rings. The van der Waals surface area contributed by atoms with Crippen LogP contribution in [0.5, 0.6) is 0 Å². The lowest BCUT2D eigenvalue weighted by molar-refractivity contribution is -0.120. The average Bonchev–Trinajstić information content (AvgIpc) is 2.92. The second-order valence-corrected chi connectivity index (χ2v) is 5.93. The minimum Gasteiger partial charge on any atom is -0.377 e. The summed E-state index contributed by atoms with van der Waals surface area (Å²) in [5.74, 6) is 0.00579. The van der Waals surface area contributed by atoms with Gasteiger partial charge in [0.1, 0.15) is 0 Å². The summed E-state index contributed by atoms with van der Waals surface area (Å²) in [4.78, 5) is 11.9. The van der Waals surface area contributed by atoms with Crippen LogP contribution in [0.3, 0.4) is 0 Å². The molecule has 2 rings (SSSR count). The van der Waals surface area contributed by atoms with E-state index in [1.165, 1.54) is 0 Å². The standard InChI is InChI=1S/C15H21BrN2O2.ClH/c1-11(13-6-2-3-7-14(13)16)18-15(19)10-17-9-12-5-4-8-20-12;/h2-3,6-7,11-12,17H,4-5,8-10H2,1H3,(H,18,19);1H. The van der Waals surface area contributed by atoms with Gasteiger partial charge in [-0.05, 0) is 31.4 Å². The molecule has 0 aliphatic carbocycles. The van der Waals surface area contributed by atoms with Gasteiger partial charge in [0.2, 0.25) is 5.91 Å². The third kappa shape index (κ3) is 5.94. The summed E-state index contributed by atoms with van der Waals surface area (Å²) < 4.78 is 6.51. The third-order valence-corrected chi connectivity index (χ3v) is 4.15. The van der Waals surface area contributed by atoms with E-state index in [0.29, 0.717) is 6.54 Å². The summed E-state index contributed by atoms with van der Waals surface area (Å²) in [5, 5.41) is 6.14. The number of hydrogen-bond acceptors (Lipinski definition) is 3. The number of carbonyl (C=O) groups is 1. The van der Waals surface area contributed by atoms with Crippen molar-refractivity contribution in [1.29, 1.82) is 0 Å². The molecular formula is C15H22BrClN2O2. The fourth-order valence-corrected chi connectivity index (χ4v) is 2.98. The Morgan fingerprint density at radius 1 is 1.48 bits per heavy atom. The van der Waals surface area contributed by atoms with Crippen molar-refractivity contribution in [3.05, 3.63) is 34.3 Å². The van der Waals surface area contributed by atoms with Gasteiger partial charge in [-0.1, -0.05) is 34.1 Å². The van der Waals surface area contributed by atoms with Crippen molar-refractivity contribution < 1.29 is 9.53 Å². The first-order valence-corrected chi connectivity index (χ1v) is 7.82. The number of rotatable bonds is 6. The Labute approximate surface area is 140 Å². The molecule has 118 valence electrons. The molecule has 2 atom stereocenters. The van der Waals surface area contributed by atoms with Gasteiger partial charge in [-0.25, -0.2) is 0 Å². The molecule has 1 saturated heterocycles. The molecule has 4 nitrogen and oxygen atoms in total. The molecule has 0 bridgehead atoms. The first kappa shape index (κ1) is 18.4. The lowest BCUT2D eigenvalue weighted by Crippen LogP contribution is -2.38. The topological polar surface area (TPSA) is 50.4 Å². The van der Waals surface area contributed by atoms with Crippen molar-refractivity contribution >= 4 is 34.2 Å². The summed E-state index contributed by atoms with van der Waals surface area (Å²) in [6.45, 7) is 3.90. The van der Waals surface area contributed by atoms with Crippen LogP contribution in [-0.2, 0) is 9.53 Å². The largest absolute Gasteiger partial charge is 0.377 e. The van der Waals surface area contributed by atoms with Crippen LogP contribution in [0.4, 0.5) is 0 Å². The Balaban J connectivity index is 0.00000220. The summed E-state index contributed by atoms with van der Waals surface area (Å²) >= 11 is 3.50. The lowest BCUT2D eigenvalue weighted by Gasteiger charge is -2.16. The minimum atomic E-state index is -0.0115. The van der Waals surface area contributed by atoms with Gasteiger partial charge in [0.25, 0.3) is 0 Å². The van der Waals surface area contributed by atoms with E-state index in [1.807, 2.05) is 31.2 Å². The van der Waals surface area contributed by atoms with Crippen LogP contribution in [0, 0.1) is 0 Å². The quantitative estimate of drug-likeness (QED) is 0.801. The highest BCUT2D eigenvalue weighted by molar-refractivity contribution is 9.10. The molecular weight excluding hydrogens is 356 g/mol. The number of carbonyl (C=O) groups excluding carboxylic acids is 1. The Bertz CT molecular complexity index is 453. The van der Waals surface area contributed by atoms with Gasteiger partial charge < -0.3 is 15.4 Å². The molecule has 1 aromatic rings. The predicted molar refractivity (Wildman–Crippen MR) is 89.8 cm³/mol. The highest BCUT2D eigenvalue weighted by Crippen LogP contribution is 2.22. The Hall–Kier alpha value is -0.620. The van der Waals surface area contributed by atoms with Gasteiger partial charge in [0.05, 0.1) is 18.7 Å². The minimum absolute atomic E-state index is 0. The summed E-state index contributed by atoms with van der Waals surface area (Å²) in [6, 6.07) is 7.91. The van der Waals surface area contributed by atoms with Gasteiger partial charge in [0.15, 0.2) is 0 Å². The molecule has 1 aromatic carbocycles. The van der Waals surface area contributed by atoms with E-state index in [-0.39, 0.29) is 30.5 Å². The van der Waals surface area contributed by atoms with Crippen LogP contribution in [0.15, 0.2) is 28.7 Å². The normalized spacial score (nSPS) is 18.9. The van der Waals surface area contributed by atoms with E-state index in [2.05, 4.69) is 26.6 Å². The van der Waals surface area contributed by atoms with Gasteiger partial charge in [0, 0.05) is 17.6 Å². The molecule has 2 unspecified atom stereocenters. The first-order chi connectivity index (χ1) is 9.66. The SMILES string of the molecule is CC(NC(=O)CNCC1CCCO1)c1ccccc1Br.Cl. The number of halogens is 2. The number of hydrogen-bond donors (Lipinski definition) is 2. The summed E-state index contributed by atoms with van der Waals surface area (Å²) in [6.07, 6.45) is 2.48. The second kappa shape index (κ2) is 9.41. The summed E-state index contributed by atoms with van der Waals surface area (Å²) in [7, 11) is 0. The van der Waals surface area contributed by atoms with Crippen molar-refractivity contribution in [2.75, 3.05) is 19.7 Å². The van der Waals surface area contributed by atoms with Crippen LogP contribution in [0.25, 0.3) is 0 Å². The number of ether oxygens (including phenoxy) is 1. The Morgan fingerprint density at radius 3 is 2.90 bits per heavy atom. The van der Waals surface area contributed by atoms with Gasteiger partial charge in [-0.2, -0.15) is 0 Å². The van der Waals surface area contributed by atoms with Crippen LogP contribution < -0.4 is 10.6 Å². The first-order valence-electron chi connectivity index (χ1n) is 7.03. The molecule has 21 heavy (non-hydrogen) atoms. The fourth-order valence-electron chi connectivity index (χ4n) is 2.35. The molecule has 0 radical (unpaired) electrons. The number of benzene rings is 1. The smallest absolute Gasteiger partial charge is 0.234 e. The zero-order chi connectivity index (χ0) is 14.4. The molecule has 1 aliphatic rings. The maximum atomic E-state index is 11.9. The maximum Gasteiger partial charge on any atom is 0.234 e. The van der Waals surface area contributed by atoms with Crippen LogP contribution >= 0.6 is 28.3 Å². The van der Waals surface area contributed by atoms with E-state index >= 15 is 0 Å². The summed E-state index contributed by atoms with van der Waals surface area (Å²) in [5.41, 5.74) is 1.08. The average molecular weight is 378 g/mol. The number of nitrogens with one attached hydrogen (secondary N) is 2. The second-order valence-electron chi connectivity index (χ2n) is 5.08. The zero-order valence-corrected chi connectivity index (χ0v) is 14.5. The van der Waals surface area contributed by atoms with Gasteiger partial charge in [-0.15, -0.1) is 12.4 Å². The van der Waals surface area contributed by atoms with Crippen LogP contribution in [0.2, 0.25) is 0 Å². The molecule has 2 N–H and O–H groups in total. The Kier molecular flexibility index (Phi) is 8.26. The van der Waals surface area contributed by atoms with E-state index < -0.39 is 0 Å². The highest BCUT2D eigenvalue weighted by Gasteiger charge is 2.16. The Morgan fingerprint density at radius 2 is 2.24 bits per heavy atom. The zero-order valence-electron chi connectivity index (χ0n) is 12.1. The third-order valence-electron chi connectivity index (χ3n) is 3.43. The molecule has 6 heteroatoms. The van der Waals surface area contributed by atoms with Gasteiger partial charge in [-0.3, -0.25) is 4.79 Å². The molecule has 0 saturated carbocycles.